The monoisotopic (exact) mass is 360 g/mol. The fourth-order valence-electron chi connectivity index (χ4n) is 1.85. The van der Waals surface area contributed by atoms with E-state index in [9.17, 15) is 21.6 Å². The van der Waals surface area contributed by atoms with Crippen molar-refractivity contribution in [2.75, 3.05) is 19.8 Å². The second-order valence-electron chi connectivity index (χ2n) is 4.82. The molecule has 0 aliphatic heterocycles. The number of carbonyl (C=O) groups excluding carboxylic acids is 1. The molecule has 2 rings (SSSR count). The molecule has 0 bridgehead atoms. The van der Waals surface area contributed by atoms with Gasteiger partial charge in [-0.15, -0.1) is 0 Å². The predicted octanol–water partition coefficient (Wildman–Crippen LogP) is -0.336. The maximum atomic E-state index is 12.2. The van der Waals surface area contributed by atoms with Gasteiger partial charge in [0.05, 0.1) is 5.52 Å². The highest BCUT2D eigenvalue weighted by atomic mass is 32.2. The van der Waals surface area contributed by atoms with E-state index in [-0.39, 0.29) is 22.9 Å². The zero-order valence-electron chi connectivity index (χ0n) is 12.7. The molecular weight excluding hydrogens is 344 g/mol. The van der Waals surface area contributed by atoms with Crippen LogP contribution in [0.4, 0.5) is 0 Å². The van der Waals surface area contributed by atoms with E-state index in [4.69, 9.17) is 0 Å². The third-order valence-corrected chi connectivity index (χ3v) is 5.61. The number of rotatable bonds is 5. The molecule has 1 amide bonds. The van der Waals surface area contributed by atoms with Gasteiger partial charge in [-0.25, -0.2) is 18.1 Å². The summed E-state index contributed by atoms with van der Waals surface area (Å²) in [5.74, 6) is -0.996. The Balaban J connectivity index is 2.55. The standard InChI is InChI=1S/C12H16N4O5S2/c1-4-15(2)23(20,21)14-11(17)10-9-7-5-6-8-16(9)12(13-10)22(3,18)19/h5-8H,4H2,1-3H3,(H,14,17). The highest BCUT2D eigenvalue weighted by molar-refractivity contribution is 7.90. The first-order chi connectivity index (χ1) is 10.6. The predicted molar refractivity (Wildman–Crippen MR) is 83.0 cm³/mol. The summed E-state index contributed by atoms with van der Waals surface area (Å²) in [6.07, 6.45) is 2.39. The molecule has 9 nitrogen and oxygen atoms in total. The minimum absolute atomic E-state index is 0.168. The average Bonchev–Trinajstić information content (AvgIpc) is 2.85. The SMILES string of the molecule is CCN(C)S(=O)(=O)NC(=O)c1nc(S(C)(=O)=O)n2ccccc12. The van der Waals surface area contributed by atoms with Gasteiger partial charge in [0.25, 0.3) is 5.91 Å². The molecule has 0 unspecified atom stereocenters. The van der Waals surface area contributed by atoms with Gasteiger partial charge in [0.2, 0.25) is 15.0 Å². The first-order valence-electron chi connectivity index (χ1n) is 6.53. The third kappa shape index (κ3) is 3.35. The number of nitrogens with one attached hydrogen (secondary N) is 1. The van der Waals surface area contributed by atoms with Crippen molar-refractivity contribution in [3.63, 3.8) is 0 Å². The Hall–Kier alpha value is -1.98. The van der Waals surface area contributed by atoms with Gasteiger partial charge in [-0.2, -0.15) is 12.7 Å². The number of imidazole rings is 1. The Morgan fingerprint density at radius 2 is 1.96 bits per heavy atom. The first kappa shape index (κ1) is 17.4. The van der Waals surface area contributed by atoms with Crippen molar-refractivity contribution in [3.8, 4) is 0 Å². The number of nitrogens with zero attached hydrogens (tertiary/aromatic N) is 3. The minimum Gasteiger partial charge on any atom is -0.290 e. The van der Waals surface area contributed by atoms with Crippen LogP contribution in [0.3, 0.4) is 0 Å². The number of pyridine rings is 1. The van der Waals surface area contributed by atoms with Gasteiger partial charge in [0.1, 0.15) is 0 Å². The summed E-state index contributed by atoms with van der Waals surface area (Å²) in [7, 11) is -6.40. The molecule has 11 heteroatoms. The molecule has 23 heavy (non-hydrogen) atoms. The lowest BCUT2D eigenvalue weighted by Crippen LogP contribution is -2.41. The molecule has 0 saturated carbocycles. The summed E-state index contributed by atoms with van der Waals surface area (Å²) in [5.41, 5.74) is -0.0844. The van der Waals surface area contributed by atoms with Crippen molar-refractivity contribution >= 4 is 31.5 Å². The number of sulfone groups is 1. The van der Waals surface area contributed by atoms with E-state index in [1.54, 1.807) is 19.1 Å². The number of aromatic nitrogens is 2. The lowest BCUT2D eigenvalue weighted by Gasteiger charge is -2.14. The minimum atomic E-state index is -4.02. The molecule has 2 aromatic heterocycles. The quantitative estimate of drug-likeness (QED) is 0.780. The van der Waals surface area contributed by atoms with Gasteiger partial charge >= 0.3 is 10.2 Å². The lowest BCUT2D eigenvalue weighted by molar-refractivity contribution is 0.0976. The highest BCUT2D eigenvalue weighted by Gasteiger charge is 2.26. The lowest BCUT2D eigenvalue weighted by atomic mass is 10.3. The normalized spacial score (nSPS) is 12.7. The van der Waals surface area contributed by atoms with E-state index in [0.717, 1.165) is 10.6 Å². The molecule has 2 heterocycles. The van der Waals surface area contributed by atoms with Crippen molar-refractivity contribution in [3.05, 3.63) is 30.1 Å². The molecule has 0 aliphatic carbocycles. The Bertz CT molecular complexity index is 962. The summed E-state index contributed by atoms with van der Waals surface area (Å²) < 4.78 is 51.5. The molecule has 0 fully saturated rings. The van der Waals surface area contributed by atoms with E-state index < -0.39 is 26.0 Å². The maximum Gasteiger partial charge on any atom is 0.303 e. The van der Waals surface area contributed by atoms with E-state index >= 15 is 0 Å². The van der Waals surface area contributed by atoms with Gasteiger partial charge in [-0.1, -0.05) is 13.0 Å². The van der Waals surface area contributed by atoms with Crippen LogP contribution in [0.25, 0.3) is 5.52 Å². The van der Waals surface area contributed by atoms with Gasteiger partial charge < -0.3 is 0 Å². The zero-order chi connectivity index (χ0) is 17.4. The van der Waals surface area contributed by atoms with Gasteiger partial charge in [0, 0.05) is 26.0 Å². The first-order valence-corrected chi connectivity index (χ1v) is 9.86. The molecule has 0 spiro atoms. The number of hydrogen-bond acceptors (Lipinski definition) is 6. The van der Waals surface area contributed by atoms with Crippen molar-refractivity contribution in [2.24, 2.45) is 0 Å². The second kappa shape index (κ2) is 5.91. The smallest absolute Gasteiger partial charge is 0.290 e. The molecule has 0 atom stereocenters. The van der Waals surface area contributed by atoms with E-state index in [1.807, 2.05) is 4.72 Å². The van der Waals surface area contributed by atoms with Crippen molar-refractivity contribution in [1.82, 2.24) is 18.4 Å². The zero-order valence-corrected chi connectivity index (χ0v) is 14.3. The molecule has 0 aromatic carbocycles. The summed E-state index contributed by atoms with van der Waals surface area (Å²) in [6, 6.07) is 4.64. The van der Waals surface area contributed by atoms with Crippen LogP contribution < -0.4 is 4.72 Å². The van der Waals surface area contributed by atoms with Crippen LogP contribution in [-0.4, -0.2) is 56.3 Å². The second-order valence-corrected chi connectivity index (χ2v) is 8.51. The topological polar surface area (TPSA) is 118 Å². The summed E-state index contributed by atoms with van der Waals surface area (Å²) in [6.45, 7) is 1.78. The number of fused-ring (bicyclic) bond motifs is 1. The summed E-state index contributed by atoms with van der Waals surface area (Å²) in [4.78, 5) is 16.1. The van der Waals surface area contributed by atoms with Gasteiger partial charge in [-0.05, 0) is 12.1 Å². The van der Waals surface area contributed by atoms with Crippen LogP contribution in [0, 0.1) is 0 Å². The van der Waals surface area contributed by atoms with Crippen molar-refractivity contribution in [1.29, 1.82) is 0 Å². The number of hydrogen-bond donors (Lipinski definition) is 1. The molecule has 0 aliphatic rings. The van der Waals surface area contributed by atoms with E-state index in [1.165, 1.54) is 23.7 Å². The van der Waals surface area contributed by atoms with Crippen LogP contribution in [0.2, 0.25) is 0 Å². The van der Waals surface area contributed by atoms with Crippen molar-refractivity contribution < 1.29 is 21.6 Å². The Kier molecular flexibility index (Phi) is 4.46. The average molecular weight is 360 g/mol. The molecular formula is C12H16N4O5S2. The van der Waals surface area contributed by atoms with Crippen LogP contribution in [0.15, 0.2) is 29.6 Å². The van der Waals surface area contributed by atoms with Crippen LogP contribution >= 0.6 is 0 Å². The van der Waals surface area contributed by atoms with Crippen molar-refractivity contribution in [2.45, 2.75) is 12.1 Å². The van der Waals surface area contributed by atoms with Gasteiger partial charge in [-0.3, -0.25) is 9.20 Å². The molecule has 2 aromatic rings. The molecule has 0 radical (unpaired) electrons. The third-order valence-electron chi connectivity index (χ3n) is 3.14. The van der Waals surface area contributed by atoms with Crippen LogP contribution in [-0.2, 0) is 20.0 Å². The number of carbonyl (C=O) groups is 1. The fourth-order valence-corrected chi connectivity index (χ4v) is 3.45. The Labute approximate surface area is 134 Å². The van der Waals surface area contributed by atoms with Crippen LogP contribution in [0.5, 0.6) is 0 Å². The largest absolute Gasteiger partial charge is 0.303 e. The maximum absolute atomic E-state index is 12.2. The molecule has 0 saturated heterocycles. The molecule has 126 valence electrons. The van der Waals surface area contributed by atoms with Crippen LogP contribution in [0.1, 0.15) is 17.4 Å². The molecule has 1 N–H and O–H groups in total. The fraction of sp³-hybridized carbons (Fsp3) is 0.333. The Morgan fingerprint density at radius 3 is 2.52 bits per heavy atom. The summed E-state index contributed by atoms with van der Waals surface area (Å²) in [5, 5.41) is -0.334. The number of amides is 1. The highest BCUT2D eigenvalue weighted by Crippen LogP contribution is 2.17. The Morgan fingerprint density at radius 1 is 1.30 bits per heavy atom. The van der Waals surface area contributed by atoms with E-state index in [2.05, 4.69) is 4.98 Å². The van der Waals surface area contributed by atoms with Gasteiger partial charge in [0.15, 0.2) is 5.69 Å². The summed E-state index contributed by atoms with van der Waals surface area (Å²) >= 11 is 0. The van der Waals surface area contributed by atoms with E-state index in [0.29, 0.717) is 0 Å².